The predicted octanol–water partition coefficient (Wildman–Crippen LogP) is 3.26. The zero-order chi connectivity index (χ0) is 24.5. The molecule has 0 saturated carbocycles. The number of anilines is 2. The monoisotopic (exact) mass is 508 g/mol. The van der Waals surface area contributed by atoms with E-state index in [1.807, 2.05) is 0 Å². The van der Waals surface area contributed by atoms with Crippen molar-refractivity contribution in [3.8, 4) is 0 Å². The molecule has 0 spiro atoms. The summed E-state index contributed by atoms with van der Waals surface area (Å²) in [6.07, 6.45) is 4.33. The van der Waals surface area contributed by atoms with Gasteiger partial charge in [0, 0.05) is 50.5 Å². The largest absolute Gasteiger partial charge is 0.381 e. The van der Waals surface area contributed by atoms with Gasteiger partial charge >= 0.3 is 0 Å². The van der Waals surface area contributed by atoms with Gasteiger partial charge in [-0.05, 0) is 44.4 Å². The Morgan fingerprint density at radius 3 is 2.78 bits per heavy atom. The number of hydrogen-bond acceptors (Lipinski definition) is 9. The number of carbonyl (C=O) groups excluding carboxylic acids is 1. The second-order valence-corrected chi connectivity index (χ2v) is 10.8. The fourth-order valence-electron chi connectivity index (χ4n) is 5.40. The van der Waals surface area contributed by atoms with Gasteiger partial charge in [-0.1, -0.05) is 29.0 Å². The van der Waals surface area contributed by atoms with Crippen molar-refractivity contribution in [2.75, 3.05) is 57.5 Å². The number of hydrogen-bond donors (Lipinski definition) is 1. The lowest BCUT2D eigenvalue weighted by Gasteiger charge is -2.27. The maximum absolute atomic E-state index is 13.0. The summed E-state index contributed by atoms with van der Waals surface area (Å²) in [6.45, 7) is 9.05. The van der Waals surface area contributed by atoms with E-state index in [2.05, 4.69) is 50.2 Å². The SMILES string of the molecule is Cc1ccc2c(c1)C(CCN1CCOCC1)CN2c1ncnc2sc(C(=O)NC3CCOCC3)nc12. The van der Waals surface area contributed by atoms with Crippen LogP contribution in [0.15, 0.2) is 24.5 Å². The molecule has 36 heavy (non-hydrogen) atoms. The number of amides is 1. The smallest absolute Gasteiger partial charge is 0.280 e. The maximum Gasteiger partial charge on any atom is 0.280 e. The van der Waals surface area contributed by atoms with Gasteiger partial charge < -0.3 is 19.7 Å². The third kappa shape index (κ3) is 4.82. The molecular formula is C26H32N6O3S. The first kappa shape index (κ1) is 23.7. The summed E-state index contributed by atoms with van der Waals surface area (Å²) < 4.78 is 10.9. The molecule has 1 N–H and O–H groups in total. The highest BCUT2D eigenvalue weighted by Crippen LogP contribution is 2.44. The molecule has 1 unspecified atom stereocenters. The molecule has 0 radical (unpaired) electrons. The van der Waals surface area contributed by atoms with Crippen LogP contribution >= 0.6 is 11.3 Å². The number of fused-ring (bicyclic) bond motifs is 2. The van der Waals surface area contributed by atoms with E-state index in [4.69, 9.17) is 14.5 Å². The zero-order valence-corrected chi connectivity index (χ0v) is 21.4. The second-order valence-electron chi connectivity index (χ2n) is 9.84. The molecule has 1 aromatic carbocycles. The molecular weight excluding hydrogens is 476 g/mol. The molecule has 0 bridgehead atoms. The fraction of sp³-hybridized carbons (Fsp3) is 0.538. The third-order valence-corrected chi connectivity index (χ3v) is 8.36. The lowest BCUT2D eigenvalue weighted by atomic mass is 9.96. The molecule has 6 rings (SSSR count). The number of nitrogens with one attached hydrogen (secondary N) is 1. The van der Waals surface area contributed by atoms with Gasteiger partial charge in [0.1, 0.15) is 16.7 Å². The van der Waals surface area contributed by atoms with Crippen LogP contribution in [0, 0.1) is 6.92 Å². The van der Waals surface area contributed by atoms with E-state index in [1.54, 1.807) is 6.33 Å². The summed E-state index contributed by atoms with van der Waals surface area (Å²) in [4.78, 5) is 32.3. The molecule has 0 aliphatic carbocycles. The molecule has 2 fully saturated rings. The summed E-state index contributed by atoms with van der Waals surface area (Å²) in [6, 6.07) is 6.79. The molecule has 5 heterocycles. The van der Waals surface area contributed by atoms with Gasteiger partial charge in [0.15, 0.2) is 10.8 Å². The van der Waals surface area contributed by atoms with Crippen molar-refractivity contribution in [1.29, 1.82) is 0 Å². The Balaban J connectivity index is 1.26. The van der Waals surface area contributed by atoms with E-state index in [-0.39, 0.29) is 11.9 Å². The Hall–Kier alpha value is -2.66. The Labute approximate surface area is 214 Å². The van der Waals surface area contributed by atoms with Crippen LogP contribution in [0.3, 0.4) is 0 Å². The highest BCUT2D eigenvalue weighted by molar-refractivity contribution is 7.20. The Bertz CT molecular complexity index is 1240. The first-order valence-electron chi connectivity index (χ1n) is 12.8. The van der Waals surface area contributed by atoms with Crippen molar-refractivity contribution < 1.29 is 14.3 Å². The van der Waals surface area contributed by atoms with Gasteiger partial charge in [-0.2, -0.15) is 0 Å². The number of nitrogens with zero attached hydrogens (tertiary/aromatic N) is 5. The van der Waals surface area contributed by atoms with Crippen LogP contribution in [-0.4, -0.2) is 84.4 Å². The number of aromatic nitrogens is 3. The van der Waals surface area contributed by atoms with Crippen LogP contribution in [0.1, 0.15) is 46.1 Å². The summed E-state index contributed by atoms with van der Waals surface area (Å²) in [5.41, 5.74) is 4.50. The topological polar surface area (TPSA) is 92.7 Å². The minimum absolute atomic E-state index is 0.129. The highest BCUT2D eigenvalue weighted by atomic mass is 32.1. The van der Waals surface area contributed by atoms with Gasteiger partial charge in [-0.3, -0.25) is 9.69 Å². The van der Waals surface area contributed by atoms with Crippen molar-refractivity contribution in [3.63, 3.8) is 0 Å². The van der Waals surface area contributed by atoms with E-state index >= 15 is 0 Å². The number of morpholine rings is 1. The summed E-state index contributed by atoms with van der Waals surface area (Å²) in [5.74, 6) is 1.04. The van der Waals surface area contributed by atoms with Crippen LogP contribution in [0.5, 0.6) is 0 Å². The number of rotatable bonds is 6. The predicted molar refractivity (Wildman–Crippen MR) is 139 cm³/mol. The van der Waals surface area contributed by atoms with Crippen molar-refractivity contribution in [2.24, 2.45) is 0 Å². The lowest BCUT2D eigenvalue weighted by Crippen LogP contribution is -2.38. The van der Waals surface area contributed by atoms with Gasteiger partial charge in [0.2, 0.25) is 0 Å². The van der Waals surface area contributed by atoms with Crippen LogP contribution in [0.25, 0.3) is 10.3 Å². The number of carbonyl (C=O) groups is 1. The van der Waals surface area contributed by atoms with Crippen molar-refractivity contribution in [2.45, 2.75) is 38.1 Å². The minimum atomic E-state index is -0.142. The molecule has 3 aliphatic heterocycles. The molecule has 10 heteroatoms. The standard InChI is InChI=1S/C26H32N6O3S/c1-17-2-3-21-20(14-17)18(4-7-31-8-12-35-13-9-31)15-32(21)23-22-25(28-16-27-23)36-26(30-22)24(33)29-19-5-10-34-11-6-19/h2-3,14,16,18-19H,4-13,15H2,1H3,(H,29,33). The molecule has 2 saturated heterocycles. The quantitative estimate of drug-likeness (QED) is 0.543. The summed E-state index contributed by atoms with van der Waals surface area (Å²) in [7, 11) is 0. The van der Waals surface area contributed by atoms with Crippen molar-refractivity contribution in [3.05, 3.63) is 40.7 Å². The highest BCUT2D eigenvalue weighted by Gasteiger charge is 2.32. The molecule has 1 amide bonds. The molecule has 3 aliphatic rings. The van der Waals surface area contributed by atoms with Crippen LogP contribution in [-0.2, 0) is 9.47 Å². The van der Waals surface area contributed by atoms with Gasteiger partial charge in [0.05, 0.1) is 13.2 Å². The van der Waals surface area contributed by atoms with Gasteiger partial charge in [-0.15, -0.1) is 0 Å². The molecule has 1 atom stereocenters. The van der Waals surface area contributed by atoms with Crippen LogP contribution < -0.4 is 10.2 Å². The van der Waals surface area contributed by atoms with E-state index in [9.17, 15) is 4.79 Å². The molecule has 9 nitrogen and oxygen atoms in total. The summed E-state index contributed by atoms with van der Waals surface area (Å²) >= 11 is 1.33. The van der Waals surface area contributed by atoms with Crippen molar-refractivity contribution >= 4 is 39.1 Å². The van der Waals surface area contributed by atoms with E-state index < -0.39 is 0 Å². The van der Waals surface area contributed by atoms with Crippen LogP contribution in [0.4, 0.5) is 11.5 Å². The Morgan fingerprint density at radius 2 is 1.94 bits per heavy atom. The molecule has 190 valence electrons. The van der Waals surface area contributed by atoms with E-state index in [0.717, 1.165) is 69.3 Å². The average Bonchev–Trinajstić information content (AvgIpc) is 3.50. The van der Waals surface area contributed by atoms with E-state index in [1.165, 1.54) is 28.2 Å². The second kappa shape index (κ2) is 10.4. The normalized spacial score (nSPS) is 21.1. The fourth-order valence-corrected chi connectivity index (χ4v) is 6.21. The number of ether oxygens (including phenoxy) is 2. The lowest BCUT2D eigenvalue weighted by molar-refractivity contribution is 0.0367. The van der Waals surface area contributed by atoms with Crippen molar-refractivity contribution in [1.82, 2.24) is 25.2 Å². The summed E-state index contributed by atoms with van der Waals surface area (Å²) in [5, 5.41) is 3.55. The zero-order valence-electron chi connectivity index (χ0n) is 20.6. The number of aryl methyl sites for hydroxylation is 1. The Kier molecular flexibility index (Phi) is 6.83. The molecule has 2 aromatic heterocycles. The number of thiazole rings is 1. The van der Waals surface area contributed by atoms with Gasteiger partial charge in [-0.25, -0.2) is 15.0 Å². The number of benzene rings is 1. The average molecular weight is 509 g/mol. The maximum atomic E-state index is 13.0. The Morgan fingerprint density at radius 1 is 1.14 bits per heavy atom. The van der Waals surface area contributed by atoms with Crippen LogP contribution in [0.2, 0.25) is 0 Å². The molecule has 3 aromatic rings. The van der Waals surface area contributed by atoms with Gasteiger partial charge in [0.25, 0.3) is 5.91 Å². The third-order valence-electron chi connectivity index (χ3n) is 7.40. The first-order chi connectivity index (χ1) is 17.7. The minimum Gasteiger partial charge on any atom is -0.381 e. The first-order valence-corrected chi connectivity index (χ1v) is 13.7. The van der Waals surface area contributed by atoms with E-state index in [0.29, 0.717) is 29.7 Å².